The largest absolute Gasteiger partial charge is 0.399 e. The van der Waals surface area contributed by atoms with Crippen LogP contribution in [0.3, 0.4) is 0 Å². The van der Waals surface area contributed by atoms with Gasteiger partial charge in [-0.3, -0.25) is 0 Å². The second kappa shape index (κ2) is 5.35. The fraction of sp³-hybridized carbons (Fsp3) is 0.294. The van der Waals surface area contributed by atoms with Crippen LogP contribution in [0, 0.1) is 0 Å². The number of hydrogen-bond acceptors (Lipinski definition) is 2. The number of rotatable bonds is 3. The van der Waals surface area contributed by atoms with Gasteiger partial charge in [0.25, 0.3) is 0 Å². The lowest BCUT2D eigenvalue weighted by Crippen LogP contribution is -2.31. The van der Waals surface area contributed by atoms with E-state index >= 15 is 0 Å². The molecular formula is C17H20N2. The molecule has 0 unspecified atom stereocenters. The van der Waals surface area contributed by atoms with Crippen LogP contribution in [-0.2, 0) is 12.8 Å². The summed E-state index contributed by atoms with van der Waals surface area (Å²) in [6, 6.07) is 17.0. The van der Waals surface area contributed by atoms with Crippen LogP contribution in [0.5, 0.6) is 0 Å². The Balaban J connectivity index is 1.71. The van der Waals surface area contributed by atoms with E-state index in [1.807, 2.05) is 12.1 Å². The molecule has 0 amide bonds. The first-order chi connectivity index (χ1) is 9.33. The predicted octanol–water partition coefficient (Wildman–Crippen LogP) is 3.26. The van der Waals surface area contributed by atoms with E-state index < -0.39 is 0 Å². The Hall–Kier alpha value is -1.96. The maximum absolute atomic E-state index is 5.83. The Kier molecular flexibility index (Phi) is 3.41. The molecule has 0 aliphatic carbocycles. The summed E-state index contributed by atoms with van der Waals surface area (Å²) >= 11 is 0. The number of hydrogen-bond donors (Lipinski definition) is 1. The summed E-state index contributed by atoms with van der Waals surface area (Å²) in [5.41, 5.74) is 10.9. The van der Waals surface area contributed by atoms with Crippen LogP contribution in [0.2, 0.25) is 0 Å². The smallest absolute Gasteiger partial charge is 0.0398 e. The van der Waals surface area contributed by atoms with Crippen LogP contribution < -0.4 is 10.6 Å². The summed E-state index contributed by atoms with van der Waals surface area (Å²) in [7, 11) is 0. The van der Waals surface area contributed by atoms with E-state index in [2.05, 4.69) is 41.3 Å². The Morgan fingerprint density at radius 3 is 2.84 bits per heavy atom. The predicted molar refractivity (Wildman–Crippen MR) is 81.5 cm³/mol. The number of benzene rings is 2. The van der Waals surface area contributed by atoms with Crippen molar-refractivity contribution in [1.29, 1.82) is 0 Å². The summed E-state index contributed by atoms with van der Waals surface area (Å²) in [5.74, 6) is 0. The van der Waals surface area contributed by atoms with Crippen molar-refractivity contribution in [3.8, 4) is 0 Å². The van der Waals surface area contributed by atoms with Gasteiger partial charge in [0.05, 0.1) is 0 Å². The molecule has 0 atom stereocenters. The molecule has 3 rings (SSSR count). The maximum Gasteiger partial charge on any atom is 0.0398 e. The molecule has 0 radical (unpaired) electrons. The zero-order chi connectivity index (χ0) is 13.1. The number of aryl methyl sites for hydroxylation is 1. The second-order valence-electron chi connectivity index (χ2n) is 5.21. The topological polar surface area (TPSA) is 29.3 Å². The van der Waals surface area contributed by atoms with Crippen LogP contribution >= 0.6 is 0 Å². The molecule has 0 fully saturated rings. The van der Waals surface area contributed by atoms with Crippen molar-refractivity contribution >= 4 is 11.4 Å². The van der Waals surface area contributed by atoms with E-state index in [9.17, 15) is 0 Å². The number of para-hydroxylation sites is 1. The van der Waals surface area contributed by atoms with Crippen molar-refractivity contribution in [3.05, 3.63) is 59.7 Å². The van der Waals surface area contributed by atoms with Crippen molar-refractivity contribution in [2.45, 2.75) is 19.3 Å². The Labute approximate surface area is 114 Å². The molecule has 0 saturated heterocycles. The molecule has 2 aromatic rings. The van der Waals surface area contributed by atoms with E-state index in [4.69, 9.17) is 5.73 Å². The molecule has 2 nitrogen and oxygen atoms in total. The lowest BCUT2D eigenvalue weighted by molar-refractivity contribution is 0.688. The standard InChI is InChI=1S/C17H20N2/c18-16-8-3-5-14(13-16)10-12-19-11-4-7-15-6-1-2-9-17(15)19/h1-3,5-6,8-9,13H,4,7,10-12,18H2. The van der Waals surface area contributed by atoms with Gasteiger partial charge in [-0.05, 0) is 48.6 Å². The zero-order valence-corrected chi connectivity index (χ0v) is 11.2. The lowest BCUT2D eigenvalue weighted by Gasteiger charge is -2.31. The molecule has 0 saturated carbocycles. The molecule has 2 aromatic carbocycles. The van der Waals surface area contributed by atoms with Gasteiger partial charge in [0.2, 0.25) is 0 Å². The van der Waals surface area contributed by atoms with Crippen LogP contribution in [0.4, 0.5) is 11.4 Å². The highest BCUT2D eigenvalue weighted by molar-refractivity contribution is 5.55. The van der Waals surface area contributed by atoms with E-state index in [1.165, 1.54) is 36.2 Å². The maximum atomic E-state index is 5.83. The summed E-state index contributed by atoms with van der Waals surface area (Å²) < 4.78 is 0. The molecule has 0 spiro atoms. The molecule has 2 heteroatoms. The highest BCUT2D eigenvalue weighted by Gasteiger charge is 2.15. The number of nitrogens with two attached hydrogens (primary N) is 1. The summed E-state index contributed by atoms with van der Waals surface area (Å²) in [6.07, 6.45) is 3.53. The quantitative estimate of drug-likeness (QED) is 0.850. The van der Waals surface area contributed by atoms with E-state index in [1.54, 1.807) is 0 Å². The molecule has 0 bridgehead atoms. The van der Waals surface area contributed by atoms with Crippen LogP contribution in [0.15, 0.2) is 48.5 Å². The third-order valence-electron chi connectivity index (χ3n) is 3.83. The minimum atomic E-state index is 0.858. The van der Waals surface area contributed by atoms with Crippen molar-refractivity contribution in [3.63, 3.8) is 0 Å². The average molecular weight is 252 g/mol. The Morgan fingerprint density at radius 2 is 1.95 bits per heavy atom. The van der Waals surface area contributed by atoms with Crippen LogP contribution in [-0.4, -0.2) is 13.1 Å². The SMILES string of the molecule is Nc1cccc(CCN2CCCc3ccccc32)c1. The number of fused-ring (bicyclic) bond motifs is 1. The normalized spacial score (nSPS) is 14.2. The molecular weight excluding hydrogens is 232 g/mol. The first-order valence-corrected chi connectivity index (χ1v) is 7.00. The van der Waals surface area contributed by atoms with Gasteiger partial charge in [0, 0.05) is 24.5 Å². The highest BCUT2D eigenvalue weighted by Crippen LogP contribution is 2.26. The Morgan fingerprint density at radius 1 is 1.05 bits per heavy atom. The first-order valence-electron chi connectivity index (χ1n) is 7.00. The fourth-order valence-electron chi connectivity index (χ4n) is 2.86. The molecule has 1 aliphatic rings. The van der Waals surface area contributed by atoms with Gasteiger partial charge in [-0.2, -0.15) is 0 Å². The molecule has 0 aromatic heterocycles. The lowest BCUT2D eigenvalue weighted by atomic mass is 10.0. The van der Waals surface area contributed by atoms with Gasteiger partial charge in [-0.15, -0.1) is 0 Å². The fourth-order valence-corrected chi connectivity index (χ4v) is 2.86. The number of anilines is 2. The Bertz CT molecular complexity index is 563. The monoisotopic (exact) mass is 252 g/mol. The van der Waals surface area contributed by atoms with Crippen LogP contribution in [0.1, 0.15) is 17.5 Å². The molecule has 2 N–H and O–H groups in total. The van der Waals surface area contributed by atoms with Gasteiger partial charge < -0.3 is 10.6 Å². The van der Waals surface area contributed by atoms with Crippen molar-refractivity contribution in [1.82, 2.24) is 0 Å². The summed E-state index contributed by atoms with van der Waals surface area (Å²) in [4.78, 5) is 2.50. The van der Waals surface area contributed by atoms with E-state index in [0.717, 1.165) is 18.7 Å². The zero-order valence-electron chi connectivity index (χ0n) is 11.2. The summed E-state index contributed by atoms with van der Waals surface area (Å²) in [5, 5.41) is 0. The number of nitrogen functional groups attached to an aromatic ring is 1. The minimum Gasteiger partial charge on any atom is -0.399 e. The van der Waals surface area contributed by atoms with Gasteiger partial charge in [-0.25, -0.2) is 0 Å². The third-order valence-corrected chi connectivity index (χ3v) is 3.83. The molecule has 19 heavy (non-hydrogen) atoms. The van der Waals surface area contributed by atoms with Crippen molar-refractivity contribution in [2.24, 2.45) is 0 Å². The second-order valence-corrected chi connectivity index (χ2v) is 5.21. The van der Waals surface area contributed by atoms with E-state index in [-0.39, 0.29) is 0 Å². The van der Waals surface area contributed by atoms with Gasteiger partial charge in [0.1, 0.15) is 0 Å². The molecule has 1 aliphatic heterocycles. The first kappa shape index (κ1) is 12.1. The van der Waals surface area contributed by atoms with Gasteiger partial charge >= 0.3 is 0 Å². The van der Waals surface area contributed by atoms with E-state index in [0.29, 0.717) is 0 Å². The summed E-state index contributed by atoms with van der Waals surface area (Å²) in [6.45, 7) is 2.24. The highest BCUT2D eigenvalue weighted by atomic mass is 15.1. The minimum absolute atomic E-state index is 0.858. The molecule has 98 valence electrons. The van der Waals surface area contributed by atoms with Crippen LogP contribution in [0.25, 0.3) is 0 Å². The van der Waals surface area contributed by atoms with Crippen molar-refractivity contribution < 1.29 is 0 Å². The van der Waals surface area contributed by atoms with Crippen molar-refractivity contribution in [2.75, 3.05) is 23.7 Å². The average Bonchev–Trinajstić information content (AvgIpc) is 2.45. The van der Waals surface area contributed by atoms with Gasteiger partial charge in [-0.1, -0.05) is 30.3 Å². The third kappa shape index (κ3) is 2.73. The number of nitrogens with zero attached hydrogens (tertiary/aromatic N) is 1. The molecule has 1 heterocycles. The van der Waals surface area contributed by atoms with Gasteiger partial charge in [0.15, 0.2) is 0 Å².